The SMILES string of the molecule is O=c1c2c(-c3ccccc3)cc(Cl)cc2sn1CCCN1CCCCC1. The highest BCUT2D eigenvalue weighted by Crippen LogP contribution is 2.32. The Balaban J connectivity index is 1.61. The Bertz CT molecular complexity index is 942. The predicted octanol–water partition coefficient (Wildman–Crippen LogP) is 5.26. The summed E-state index contributed by atoms with van der Waals surface area (Å²) in [6.45, 7) is 4.26. The number of rotatable bonds is 5. The first kappa shape index (κ1) is 17.8. The Morgan fingerprint density at radius 1 is 1.00 bits per heavy atom. The summed E-state index contributed by atoms with van der Waals surface area (Å²) in [5, 5.41) is 1.47. The van der Waals surface area contributed by atoms with Gasteiger partial charge in [0.2, 0.25) is 0 Å². The van der Waals surface area contributed by atoms with Crippen molar-refractivity contribution in [2.45, 2.75) is 32.2 Å². The summed E-state index contributed by atoms with van der Waals surface area (Å²) in [4.78, 5) is 15.6. The first-order valence-corrected chi connectivity index (χ1v) is 10.5. The summed E-state index contributed by atoms with van der Waals surface area (Å²) in [5.41, 5.74) is 2.08. The van der Waals surface area contributed by atoms with E-state index in [1.54, 1.807) is 0 Å². The molecule has 2 heterocycles. The molecule has 1 aliphatic rings. The monoisotopic (exact) mass is 386 g/mol. The van der Waals surface area contributed by atoms with Crippen molar-refractivity contribution in [3.63, 3.8) is 0 Å². The van der Waals surface area contributed by atoms with Crippen molar-refractivity contribution in [2.24, 2.45) is 0 Å². The van der Waals surface area contributed by atoms with Gasteiger partial charge >= 0.3 is 0 Å². The fraction of sp³-hybridized carbons (Fsp3) is 0.381. The minimum Gasteiger partial charge on any atom is -0.303 e. The maximum Gasteiger partial charge on any atom is 0.269 e. The van der Waals surface area contributed by atoms with Gasteiger partial charge in [0.25, 0.3) is 5.56 Å². The van der Waals surface area contributed by atoms with Crippen LogP contribution in [0.3, 0.4) is 0 Å². The lowest BCUT2D eigenvalue weighted by Crippen LogP contribution is -2.31. The van der Waals surface area contributed by atoms with Crippen LogP contribution in [-0.2, 0) is 6.54 Å². The van der Waals surface area contributed by atoms with Crippen molar-refractivity contribution in [3.8, 4) is 11.1 Å². The normalized spacial score (nSPS) is 15.6. The molecule has 1 fully saturated rings. The number of piperidine rings is 1. The van der Waals surface area contributed by atoms with Crippen molar-refractivity contribution < 1.29 is 0 Å². The Morgan fingerprint density at radius 3 is 2.54 bits per heavy atom. The first-order chi connectivity index (χ1) is 12.7. The van der Waals surface area contributed by atoms with Gasteiger partial charge in [-0.05, 0) is 62.2 Å². The largest absolute Gasteiger partial charge is 0.303 e. The van der Waals surface area contributed by atoms with Crippen molar-refractivity contribution >= 4 is 33.2 Å². The summed E-state index contributed by atoms with van der Waals surface area (Å²) >= 11 is 7.86. The molecule has 26 heavy (non-hydrogen) atoms. The number of fused-ring (bicyclic) bond motifs is 1. The molecule has 0 bridgehead atoms. The number of nitrogens with zero attached hydrogens (tertiary/aromatic N) is 2. The molecule has 3 nitrogen and oxygen atoms in total. The van der Waals surface area contributed by atoms with Crippen LogP contribution in [0.4, 0.5) is 0 Å². The second kappa shape index (κ2) is 7.95. The number of hydrogen-bond donors (Lipinski definition) is 0. The van der Waals surface area contributed by atoms with Gasteiger partial charge in [-0.1, -0.05) is 59.9 Å². The zero-order valence-corrected chi connectivity index (χ0v) is 16.4. The number of likely N-dealkylation sites (tertiary alicyclic amines) is 1. The lowest BCUT2D eigenvalue weighted by molar-refractivity contribution is 0.223. The Kier molecular flexibility index (Phi) is 5.44. The van der Waals surface area contributed by atoms with Crippen LogP contribution in [0.1, 0.15) is 25.7 Å². The van der Waals surface area contributed by atoms with E-state index in [0.29, 0.717) is 5.02 Å². The van der Waals surface area contributed by atoms with Crippen LogP contribution >= 0.6 is 23.1 Å². The average Bonchev–Trinajstić information content (AvgIpc) is 2.98. The van der Waals surface area contributed by atoms with Gasteiger partial charge in [-0.15, -0.1) is 0 Å². The van der Waals surface area contributed by atoms with Crippen molar-refractivity contribution in [1.82, 2.24) is 8.86 Å². The molecule has 5 heteroatoms. The summed E-state index contributed by atoms with van der Waals surface area (Å²) < 4.78 is 2.87. The molecular formula is C21H23ClN2OS. The second-order valence-electron chi connectivity index (χ2n) is 6.95. The van der Waals surface area contributed by atoms with E-state index in [4.69, 9.17) is 11.6 Å². The first-order valence-electron chi connectivity index (χ1n) is 9.33. The number of aryl methyl sites for hydroxylation is 1. The second-order valence-corrected chi connectivity index (χ2v) is 8.45. The van der Waals surface area contributed by atoms with Gasteiger partial charge in [0.05, 0.1) is 10.1 Å². The standard InChI is InChI=1S/C21H23ClN2OS/c22-17-14-18(16-8-3-1-4-9-16)20-19(15-17)26-24(21(20)25)13-7-12-23-10-5-2-6-11-23/h1,3-4,8-9,14-15H,2,5-7,10-13H2. The molecule has 0 amide bonds. The van der Waals surface area contributed by atoms with Gasteiger partial charge in [0.15, 0.2) is 0 Å². The number of aromatic nitrogens is 1. The molecular weight excluding hydrogens is 364 g/mol. The third kappa shape index (κ3) is 3.73. The maximum atomic E-state index is 13.0. The summed E-state index contributed by atoms with van der Waals surface area (Å²) in [7, 11) is 0. The predicted molar refractivity (Wildman–Crippen MR) is 111 cm³/mol. The van der Waals surface area contributed by atoms with E-state index in [-0.39, 0.29) is 5.56 Å². The van der Waals surface area contributed by atoms with Gasteiger partial charge in [-0.25, -0.2) is 0 Å². The molecule has 1 aromatic heterocycles. The van der Waals surface area contributed by atoms with Crippen LogP contribution < -0.4 is 5.56 Å². The highest BCUT2D eigenvalue weighted by molar-refractivity contribution is 7.14. The highest BCUT2D eigenvalue weighted by atomic mass is 35.5. The third-order valence-corrected chi connectivity index (χ3v) is 6.39. The van der Waals surface area contributed by atoms with Crippen LogP contribution in [0, 0.1) is 0 Å². The van der Waals surface area contributed by atoms with Gasteiger partial charge in [-0.3, -0.25) is 8.75 Å². The molecule has 0 saturated carbocycles. The van der Waals surface area contributed by atoms with Crippen LogP contribution in [-0.4, -0.2) is 28.5 Å². The fourth-order valence-corrected chi connectivity index (χ4v) is 5.16. The van der Waals surface area contributed by atoms with Crippen LogP contribution in [0.25, 0.3) is 21.2 Å². The van der Waals surface area contributed by atoms with Gasteiger partial charge in [0.1, 0.15) is 0 Å². The summed E-state index contributed by atoms with van der Waals surface area (Å²) in [6, 6.07) is 13.8. The van der Waals surface area contributed by atoms with Gasteiger partial charge < -0.3 is 4.90 Å². The molecule has 1 aliphatic heterocycles. The molecule has 0 radical (unpaired) electrons. The Morgan fingerprint density at radius 2 is 1.77 bits per heavy atom. The van der Waals surface area contributed by atoms with Crippen molar-refractivity contribution in [2.75, 3.05) is 19.6 Å². The fourth-order valence-electron chi connectivity index (χ4n) is 3.77. The molecule has 136 valence electrons. The van der Waals surface area contributed by atoms with Crippen LogP contribution in [0.5, 0.6) is 0 Å². The average molecular weight is 387 g/mol. The molecule has 0 spiro atoms. The van der Waals surface area contributed by atoms with E-state index in [9.17, 15) is 4.79 Å². The smallest absolute Gasteiger partial charge is 0.269 e. The molecule has 0 aliphatic carbocycles. The highest BCUT2D eigenvalue weighted by Gasteiger charge is 2.15. The van der Waals surface area contributed by atoms with E-state index in [1.165, 1.54) is 43.9 Å². The summed E-state index contributed by atoms with van der Waals surface area (Å²) in [6.07, 6.45) is 4.99. The molecule has 0 N–H and O–H groups in total. The summed E-state index contributed by atoms with van der Waals surface area (Å²) in [5.74, 6) is 0. The minimum atomic E-state index is 0.110. The molecule has 2 aromatic carbocycles. The van der Waals surface area contributed by atoms with Crippen LogP contribution in [0.2, 0.25) is 5.02 Å². The Hall–Kier alpha value is -1.62. The quantitative estimate of drug-likeness (QED) is 0.597. The molecule has 0 unspecified atom stereocenters. The van der Waals surface area contributed by atoms with Gasteiger partial charge in [0, 0.05) is 11.6 Å². The van der Waals surface area contributed by atoms with E-state index in [1.807, 2.05) is 46.4 Å². The Labute approximate surface area is 163 Å². The molecule has 0 atom stereocenters. The van der Waals surface area contributed by atoms with Gasteiger partial charge in [-0.2, -0.15) is 0 Å². The van der Waals surface area contributed by atoms with E-state index < -0.39 is 0 Å². The van der Waals surface area contributed by atoms with E-state index in [2.05, 4.69) is 4.90 Å². The molecule has 3 aromatic rings. The van der Waals surface area contributed by atoms with Crippen molar-refractivity contribution in [3.05, 3.63) is 57.8 Å². The topological polar surface area (TPSA) is 25.2 Å². The molecule has 4 rings (SSSR count). The molecule has 1 saturated heterocycles. The number of benzene rings is 2. The lowest BCUT2D eigenvalue weighted by Gasteiger charge is -2.26. The zero-order chi connectivity index (χ0) is 17.9. The third-order valence-electron chi connectivity index (χ3n) is 5.08. The van der Waals surface area contributed by atoms with E-state index >= 15 is 0 Å². The number of hydrogen-bond acceptors (Lipinski definition) is 3. The van der Waals surface area contributed by atoms with E-state index in [0.717, 1.165) is 40.7 Å². The maximum absolute atomic E-state index is 13.0. The van der Waals surface area contributed by atoms with Crippen molar-refractivity contribution in [1.29, 1.82) is 0 Å². The number of halogens is 1. The zero-order valence-electron chi connectivity index (χ0n) is 14.8. The van der Waals surface area contributed by atoms with Crippen LogP contribution in [0.15, 0.2) is 47.3 Å². The minimum absolute atomic E-state index is 0.110. The lowest BCUT2D eigenvalue weighted by atomic mass is 10.0.